The van der Waals surface area contributed by atoms with Crippen LogP contribution in [0, 0.1) is 0 Å². The molecule has 138 valence electrons. The Kier molecular flexibility index (Phi) is 8.03. The van der Waals surface area contributed by atoms with Crippen molar-refractivity contribution < 1.29 is 14.3 Å². The fourth-order valence-electron chi connectivity index (χ4n) is 2.36. The summed E-state index contributed by atoms with van der Waals surface area (Å²) in [5.74, 6) is 1.13. The maximum atomic E-state index is 12.0. The molecule has 4 nitrogen and oxygen atoms in total. The molecule has 0 atom stereocenters. The lowest BCUT2D eigenvalue weighted by Crippen LogP contribution is -2.07. The van der Waals surface area contributed by atoms with E-state index in [1.165, 1.54) is 6.08 Å². The molecule has 0 aliphatic carbocycles. The Morgan fingerprint density at radius 2 is 2.00 bits per heavy atom. The standard InChI is InChI=1S/C21H24ClNO3/c1-3-4-5-13-26-19-11-9-16(14-20(19)25-2)10-12-21(24)23-18-8-6-7-17(22)15-18/h6-12,14-15H,3-5,13H2,1-2H3,(H,23,24)/b12-10+. The second-order valence-corrected chi connectivity index (χ2v) is 6.24. The number of nitrogens with one attached hydrogen (secondary N) is 1. The number of carbonyl (C=O) groups excluding carboxylic acids is 1. The highest BCUT2D eigenvalue weighted by Gasteiger charge is 2.05. The van der Waals surface area contributed by atoms with Crippen LogP contribution in [-0.4, -0.2) is 19.6 Å². The zero-order valence-corrected chi connectivity index (χ0v) is 15.9. The monoisotopic (exact) mass is 373 g/mol. The molecule has 0 heterocycles. The molecule has 26 heavy (non-hydrogen) atoms. The first-order chi connectivity index (χ1) is 12.6. The van der Waals surface area contributed by atoms with E-state index in [1.54, 1.807) is 37.5 Å². The van der Waals surface area contributed by atoms with Crippen LogP contribution in [0.25, 0.3) is 6.08 Å². The summed E-state index contributed by atoms with van der Waals surface area (Å²) in [6, 6.07) is 12.6. The van der Waals surface area contributed by atoms with E-state index < -0.39 is 0 Å². The average Bonchev–Trinajstić information content (AvgIpc) is 2.64. The van der Waals surface area contributed by atoms with Gasteiger partial charge in [-0.05, 0) is 48.4 Å². The molecular formula is C21H24ClNO3. The molecule has 0 bridgehead atoms. The topological polar surface area (TPSA) is 47.6 Å². The molecule has 2 aromatic rings. The normalized spacial score (nSPS) is 10.7. The smallest absolute Gasteiger partial charge is 0.248 e. The van der Waals surface area contributed by atoms with Crippen molar-refractivity contribution in [1.29, 1.82) is 0 Å². The van der Waals surface area contributed by atoms with Crippen LogP contribution in [0.15, 0.2) is 48.5 Å². The van der Waals surface area contributed by atoms with Gasteiger partial charge < -0.3 is 14.8 Å². The summed E-state index contributed by atoms with van der Waals surface area (Å²) in [7, 11) is 1.60. The van der Waals surface area contributed by atoms with Crippen LogP contribution in [0.3, 0.4) is 0 Å². The predicted molar refractivity (Wildman–Crippen MR) is 107 cm³/mol. The van der Waals surface area contributed by atoms with Gasteiger partial charge >= 0.3 is 0 Å². The maximum Gasteiger partial charge on any atom is 0.248 e. The number of rotatable bonds is 9. The van der Waals surface area contributed by atoms with Gasteiger partial charge in [-0.25, -0.2) is 0 Å². The van der Waals surface area contributed by atoms with Crippen LogP contribution >= 0.6 is 11.6 Å². The molecule has 0 saturated heterocycles. The highest BCUT2D eigenvalue weighted by molar-refractivity contribution is 6.30. The number of benzene rings is 2. The van der Waals surface area contributed by atoms with Gasteiger partial charge in [0.2, 0.25) is 5.91 Å². The van der Waals surface area contributed by atoms with Crippen molar-refractivity contribution in [3.05, 3.63) is 59.1 Å². The summed E-state index contributed by atoms with van der Waals surface area (Å²) in [5.41, 5.74) is 1.50. The molecule has 5 heteroatoms. The second kappa shape index (κ2) is 10.5. The summed E-state index contributed by atoms with van der Waals surface area (Å²) < 4.78 is 11.1. The third kappa shape index (κ3) is 6.45. The minimum absolute atomic E-state index is 0.230. The number of ether oxygens (including phenoxy) is 2. The molecule has 0 unspecified atom stereocenters. The summed E-state index contributed by atoms with van der Waals surface area (Å²) in [4.78, 5) is 12.0. The van der Waals surface area contributed by atoms with Crippen LogP contribution in [0.2, 0.25) is 5.02 Å². The van der Waals surface area contributed by atoms with Crippen LogP contribution in [0.1, 0.15) is 31.7 Å². The third-order valence-electron chi connectivity index (χ3n) is 3.71. The lowest BCUT2D eigenvalue weighted by Gasteiger charge is -2.11. The molecule has 0 spiro atoms. The van der Waals surface area contributed by atoms with Gasteiger partial charge in [-0.15, -0.1) is 0 Å². The van der Waals surface area contributed by atoms with Crippen LogP contribution < -0.4 is 14.8 Å². The number of halogens is 1. The van der Waals surface area contributed by atoms with Crippen molar-refractivity contribution in [3.63, 3.8) is 0 Å². The summed E-state index contributed by atoms with van der Waals surface area (Å²) in [5, 5.41) is 3.34. The molecule has 2 aromatic carbocycles. The molecule has 0 radical (unpaired) electrons. The number of carbonyl (C=O) groups is 1. The molecule has 0 aliphatic rings. The lowest BCUT2D eigenvalue weighted by molar-refractivity contribution is -0.111. The molecule has 0 aliphatic heterocycles. The summed E-state index contributed by atoms with van der Waals surface area (Å²) in [6.45, 7) is 2.83. The number of anilines is 1. The van der Waals surface area contributed by atoms with Gasteiger partial charge in [0.05, 0.1) is 13.7 Å². The van der Waals surface area contributed by atoms with Gasteiger partial charge in [0.1, 0.15) is 0 Å². The average molecular weight is 374 g/mol. The Morgan fingerprint density at radius 1 is 1.15 bits per heavy atom. The second-order valence-electron chi connectivity index (χ2n) is 5.80. The van der Waals surface area contributed by atoms with Gasteiger partial charge in [0.15, 0.2) is 11.5 Å². The SMILES string of the molecule is CCCCCOc1ccc(/C=C/C(=O)Nc2cccc(Cl)c2)cc1OC. The highest BCUT2D eigenvalue weighted by atomic mass is 35.5. The number of hydrogen-bond acceptors (Lipinski definition) is 3. The largest absolute Gasteiger partial charge is 0.493 e. The van der Waals surface area contributed by atoms with E-state index in [2.05, 4.69) is 12.2 Å². The zero-order chi connectivity index (χ0) is 18.8. The number of hydrogen-bond donors (Lipinski definition) is 1. The Hall–Kier alpha value is -2.46. The fourth-order valence-corrected chi connectivity index (χ4v) is 2.55. The highest BCUT2D eigenvalue weighted by Crippen LogP contribution is 2.28. The lowest BCUT2D eigenvalue weighted by atomic mass is 10.2. The summed E-state index contributed by atoms with van der Waals surface area (Å²) >= 11 is 5.91. The van der Waals surface area contributed by atoms with Crippen molar-refractivity contribution in [3.8, 4) is 11.5 Å². The predicted octanol–water partition coefficient (Wildman–Crippen LogP) is 5.57. The molecule has 0 aromatic heterocycles. The van der Waals surface area contributed by atoms with E-state index in [-0.39, 0.29) is 5.91 Å². The minimum Gasteiger partial charge on any atom is -0.493 e. The maximum absolute atomic E-state index is 12.0. The number of amides is 1. The molecule has 1 amide bonds. The van der Waals surface area contributed by atoms with Gasteiger partial charge in [0, 0.05) is 16.8 Å². The molecular weight excluding hydrogens is 350 g/mol. The van der Waals surface area contributed by atoms with Gasteiger partial charge in [-0.1, -0.05) is 43.5 Å². The molecule has 0 saturated carbocycles. The first kappa shape index (κ1) is 19.9. The van der Waals surface area contributed by atoms with Crippen LogP contribution in [0.4, 0.5) is 5.69 Å². The Bertz CT molecular complexity index is 759. The van der Waals surface area contributed by atoms with Crippen LogP contribution in [0.5, 0.6) is 11.5 Å². The van der Waals surface area contributed by atoms with Crippen molar-refractivity contribution >= 4 is 29.3 Å². The van der Waals surface area contributed by atoms with Gasteiger partial charge in [-0.2, -0.15) is 0 Å². The van der Waals surface area contributed by atoms with E-state index in [0.29, 0.717) is 28.8 Å². The molecule has 2 rings (SSSR count). The molecule has 0 fully saturated rings. The first-order valence-electron chi connectivity index (χ1n) is 8.68. The van der Waals surface area contributed by atoms with E-state index >= 15 is 0 Å². The Labute approximate surface area is 159 Å². The van der Waals surface area contributed by atoms with E-state index in [9.17, 15) is 4.79 Å². The van der Waals surface area contributed by atoms with E-state index in [1.807, 2.05) is 18.2 Å². The number of unbranched alkanes of at least 4 members (excludes halogenated alkanes) is 2. The Morgan fingerprint density at radius 3 is 2.73 bits per heavy atom. The number of methoxy groups -OCH3 is 1. The van der Waals surface area contributed by atoms with Crippen molar-refractivity contribution in [1.82, 2.24) is 0 Å². The van der Waals surface area contributed by atoms with Crippen molar-refractivity contribution in [2.45, 2.75) is 26.2 Å². The van der Waals surface area contributed by atoms with Crippen molar-refractivity contribution in [2.24, 2.45) is 0 Å². The van der Waals surface area contributed by atoms with Crippen LogP contribution in [-0.2, 0) is 4.79 Å². The minimum atomic E-state index is -0.230. The van der Waals surface area contributed by atoms with Crippen molar-refractivity contribution in [2.75, 3.05) is 19.0 Å². The molecule has 1 N–H and O–H groups in total. The Balaban J connectivity index is 1.97. The third-order valence-corrected chi connectivity index (χ3v) is 3.95. The van der Waals surface area contributed by atoms with Gasteiger partial charge in [0.25, 0.3) is 0 Å². The zero-order valence-electron chi connectivity index (χ0n) is 15.1. The summed E-state index contributed by atoms with van der Waals surface area (Å²) in [6.07, 6.45) is 6.51. The first-order valence-corrected chi connectivity index (χ1v) is 9.05. The van der Waals surface area contributed by atoms with E-state index in [4.69, 9.17) is 21.1 Å². The van der Waals surface area contributed by atoms with E-state index in [0.717, 1.165) is 24.8 Å². The van der Waals surface area contributed by atoms with Gasteiger partial charge in [-0.3, -0.25) is 4.79 Å². The quantitative estimate of drug-likeness (QED) is 0.461. The fraction of sp³-hybridized carbons (Fsp3) is 0.286.